The van der Waals surface area contributed by atoms with Crippen molar-refractivity contribution in [1.82, 2.24) is 4.90 Å². The highest BCUT2D eigenvalue weighted by atomic mass is 16.4. The van der Waals surface area contributed by atoms with Crippen LogP contribution in [-0.2, 0) is 4.79 Å². The second kappa shape index (κ2) is 5.30. The molecular weight excluding hydrogens is 242 g/mol. The van der Waals surface area contributed by atoms with Crippen molar-refractivity contribution in [3.8, 4) is 0 Å². The molecule has 0 aromatic heterocycles. The predicted octanol–water partition coefficient (Wildman–Crippen LogP) is 1.55. The minimum absolute atomic E-state index is 0.0687. The zero-order chi connectivity index (χ0) is 14.0. The van der Waals surface area contributed by atoms with Crippen LogP contribution in [0.2, 0.25) is 0 Å². The number of likely N-dealkylation sites (N-methyl/N-ethyl adjacent to an activating group) is 1. The monoisotopic (exact) mass is 261 g/mol. The molecule has 1 amide bonds. The molecule has 5 nitrogen and oxygen atoms in total. The fourth-order valence-electron chi connectivity index (χ4n) is 2.46. The van der Waals surface area contributed by atoms with Crippen LogP contribution in [0.15, 0.2) is 29.4 Å². The van der Waals surface area contributed by atoms with E-state index in [1.807, 2.05) is 31.2 Å². The highest BCUT2D eigenvalue weighted by Gasteiger charge is 2.29. The van der Waals surface area contributed by atoms with Gasteiger partial charge in [0.25, 0.3) is 0 Å². The van der Waals surface area contributed by atoms with Crippen molar-refractivity contribution in [2.24, 2.45) is 5.16 Å². The molecule has 1 aliphatic rings. The zero-order valence-electron chi connectivity index (χ0n) is 11.5. The Morgan fingerprint density at radius 1 is 1.42 bits per heavy atom. The average molecular weight is 261 g/mol. The molecule has 5 heteroatoms. The Bertz CT molecular complexity index is 511. The molecule has 0 fully saturated rings. The van der Waals surface area contributed by atoms with Crippen LogP contribution in [0.1, 0.15) is 18.9 Å². The summed E-state index contributed by atoms with van der Waals surface area (Å²) in [5, 5.41) is 12.4. The normalized spacial score (nSPS) is 18.1. The Labute approximate surface area is 113 Å². The summed E-state index contributed by atoms with van der Waals surface area (Å²) in [4.78, 5) is 15.8. The number of oxime groups is 1. The minimum Gasteiger partial charge on any atom is -0.411 e. The van der Waals surface area contributed by atoms with Crippen molar-refractivity contribution >= 4 is 17.3 Å². The molecule has 2 rings (SSSR count). The quantitative estimate of drug-likeness (QED) is 0.649. The first kappa shape index (κ1) is 13.4. The zero-order valence-corrected chi connectivity index (χ0v) is 11.5. The van der Waals surface area contributed by atoms with E-state index in [1.54, 1.807) is 19.0 Å². The Morgan fingerprint density at radius 2 is 2.11 bits per heavy atom. The van der Waals surface area contributed by atoms with Crippen molar-refractivity contribution in [2.45, 2.75) is 19.4 Å². The molecule has 1 aliphatic heterocycles. The molecule has 0 saturated heterocycles. The fraction of sp³-hybridized carbons (Fsp3) is 0.429. The highest BCUT2D eigenvalue weighted by molar-refractivity contribution is 6.07. The van der Waals surface area contributed by atoms with Gasteiger partial charge in [-0.3, -0.25) is 4.79 Å². The van der Waals surface area contributed by atoms with Crippen LogP contribution < -0.4 is 4.90 Å². The van der Waals surface area contributed by atoms with Crippen molar-refractivity contribution in [2.75, 3.05) is 25.5 Å². The number of amides is 1. The molecule has 1 aromatic rings. The lowest BCUT2D eigenvalue weighted by Crippen LogP contribution is -2.47. The second-order valence-corrected chi connectivity index (χ2v) is 4.92. The summed E-state index contributed by atoms with van der Waals surface area (Å²) in [7, 11) is 3.52. The summed E-state index contributed by atoms with van der Waals surface area (Å²) in [6.07, 6.45) is 0.637. The Hall–Kier alpha value is -2.04. The van der Waals surface area contributed by atoms with E-state index in [9.17, 15) is 4.79 Å². The molecule has 1 unspecified atom stereocenters. The molecule has 0 spiro atoms. The Morgan fingerprint density at radius 3 is 2.74 bits per heavy atom. The first-order chi connectivity index (χ1) is 9.06. The lowest BCUT2D eigenvalue weighted by molar-refractivity contribution is -0.129. The van der Waals surface area contributed by atoms with Gasteiger partial charge in [0.1, 0.15) is 6.04 Å². The number of carbonyl (C=O) groups excluding carboxylic acids is 1. The van der Waals surface area contributed by atoms with Crippen LogP contribution in [-0.4, -0.2) is 48.4 Å². The van der Waals surface area contributed by atoms with Crippen LogP contribution in [0, 0.1) is 0 Å². The van der Waals surface area contributed by atoms with E-state index in [4.69, 9.17) is 5.21 Å². The van der Waals surface area contributed by atoms with Crippen LogP contribution in [0.25, 0.3) is 0 Å². The third-order valence-electron chi connectivity index (χ3n) is 3.50. The van der Waals surface area contributed by atoms with Gasteiger partial charge in [-0.05, 0) is 13.0 Å². The van der Waals surface area contributed by atoms with Gasteiger partial charge < -0.3 is 15.0 Å². The van der Waals surface area contributed by atoms with Gasteiger partial charge in [-0.15, -0.1) is 0 Å². The van der Waals surface area contributed by atoms with Gasteiger partial charge in [-0.25, -0.2) is 0 Å². The predicted molar refractivity (Wildman–Crippen MR) is 74.9 cm³/mol. The molecule has 0 aliphatic carbocycles. The molecule has 1 N–H and O–H groups in total. The van der Waals surface area contributed by atoms with E-state index in [2.05, 4.69) is 10.1 Å². The maximum Gasteiger partial charge on any atom is 0.244 e. The summed E-state index contributed by atoms with van der Waals surface area (Å²) in [5.74, 6) is 0.0687. The van der Waals surface area contributed by atoms with E-state index < -0.39 is 0 Å². The topological polar surface area (TPSA) is 56.1 Å². The van der Waals surface area contributed by atoms with Crippen LogP contribution in [0.5, 0.6) is 0 Å². The molecule has 0 radical (unpaired) electrons. The Balaban J connectivity index is 2.37. The molecule has 1 aromatic carbocycles. The van der Waals surface area contributed by atoms with E-state index in [1.165, 1.54) is 0 Å². The minimum atomic E-state index is -0.226. The number of rotatable bonds is 2. The number of fused-ring (bicyclic) bond motifs is 1. The van der Waals surface area contributed by atoms with E-state index in [0.29, 0.717) is 18.7 Å². The number of benzene rings is 1. The lowest BCUT2D eigenvalue weighted by atomic mass is 9.98. The van der Waals surface area contributed by atoms with Gasteiger partial charge in [-0.1, -0.05) is 23.4 Å². The summed E-state index contributed by atoms with van der Waals surface area (Å²) in [6, 6.07) is 7.49. The van der Waals surface area contributed by atoms with Gasteiger partial charge in [-0.2, -0.15) is 0 Å². The molecule has 1 atom stereocenters. The van der Waals surface area contributed by atoms with E-state index in [0.717, 1.165) is 11.3 Å². The molecule has 19 heavy (non-hydrogen) atoms. The van der Waals surface area contributed by atoms with Crippen LogP contribution >= 0.6 is 0 Å². The maximum absolute atomic E-state index is 12.1. The van der Waals surface area contributed by atoms with E-state index in [-0.39, 0.29) is 11.9 Å². The maximum atomic E-state index is 12.1. The SMILES string of the molecule is CC(C(=O)N(C)C)N1CCC(=NO)c2ccccc21. The number of anilines is 1. The van der Waals surface area contributed by atoms with E-state index >= 15 is 0 Å². The number of carbonyl (C=O) groups is 1. The Kier molecular flexibility index (Phi) is 3.74. The molecule has 0 saturated carbocycles. The lowest BCUT2D eigenvalue weighted by Gasteiger charge is -2.36. The number of para-hydroxylation sites is 1. The van der Waals surface area contributed by atoms with Crippen molar-refractivity contribution in [3.05, 3.63) is 29.8 Å². The van der Waals surface area contributed by atoms with Crippen molar-refractivity contribution < 1.29 is 10.0 Å². The number of nitrogens with zero attached hydrogens (tertiary/aromatic N) is 3. The summed E-state index contributed by atoms with van der Waals surface area (Å²) >= 11 is 0. The second-order valence-electron chi connectivity index (χ2n) is 4.92. The first-order valence-electron chi connectivity index (χ1n) is 6.34. The van der Waals surface area contributed by atoms with Crippen LogP contribution in [0.4, 0.5) is 5.69 Å². The van der Waals surface area contributed by atoms with Gasteiger partial charge in [0.15, 0.2) is 0 Å². The summed E-state index contributed by atoms with van der Waals surface area (Å²) in [6.45, 7) is 2.58. The van der Waals surface area contributed by atoms with Gasteiger partial charge >= 0.3 is 0 Å². The summed E-state index contributed by atoms with van der Waals surface area (Å²) in [5.41, 5.74) is 2.52. The molecular formula is C14H19N3O2. The smallest absolute Gasteiger partial charge is 0.244 e. The summed E-state index contributed by atoms with van der Waals surface area (Å²) < 4.78 is 0. The molecule has 1 heterocycles. The standard InChI is InChI=1S/C14H19N3O2/c1-10(14(18)16(2)3)17-9-8-12(15-19)11-6-4-5-7-13(11)17/h4-7,10,19H,8-9H2,1-3H3. The average Bonchev–Trinajstić information content (AvgIpc) is 2.44. The third-order valence-corrected chi connectivity index (χ3v) is 3.50. The van der Waals surface area contributed by atoms with Crippen LogP contribution in [0.3, 0.4) is 0 Å². The fourth-order valence-corrected chi connectivity index (χ4v) is 2.46. The van der Waals surface area contributed by atoms with Crippen molar-refractivity contribution in [3.63, 3.8) is 0 Å². The first-order valence-corrected chi connectivity index (χ1v) is 6.34. The van der Waals surface area contributed by atoms with Crippen molar-refractivity contribution in [1.29, 1.82) is 0 Å². The largest absolute Gasteiger partial charge is 0.411 e. The van der Waals surface area contributed by atoms with Gasteiger partial charge in [0.05, 0.1) is 5.71 Å². The van der Waals surface area contributed by atoms with Gasteiger partial charge in [0.2, 0.25) is 5.91 Å². The highest BCUT2D eigenvalue weighted by Crippen LogP contribution is 2.29. The number of hydrogen-bond acceptors (Lipinski definition) is 4. The third kappa shape index (κ3) is 2.41. The number of hydrogen-bond donors (Lipinski definition) is 1. The van der Waals surface area contributed by atoms with Gasteiger partial charge in [0, 0.05) is 38.3 Å². The molecule has 0 bridgehead atoms. The molecule has 102 valence electrons.